The van der Waals surface area contributed by atoms with Crippen molar-refractivity contribution in [2.75, 3.05) is 19.8 Å². The van der Waals surface area contributed by atoms with Gasteiger partial charge in [-0.2, -0.15) is 0 Å². The summed E-state index contributed by atoms with van der Waals surface area (Å²) in [5, 5.41) is 1.79. The van der Waals surface area contributed by atoms with Crippen molar-refractivity contribution >= 4 is 5.84 Å². The zero-order valence-corrected chi connectivity index (χ0v) is 8.90. The molecule has 4 nitrogen and oxygen atoms in total. The number of ether oxygens (including phenoxy) is 1. The number of hydrogen-bond donors (Lipinski definition) is 0. The van der Waals surface area contributed by atoms with Gasteiger partial charge in [0.2, 0.25) is 0 Å². The Balaban J connectivity index is 2.53. The van der Waals surface area contributed by atoms with E-state index in [4.69, 9.17) is 9.57 Å². The summed E-state index contributed by atoms with van der Waals surface area (Å²) in [5.41, 5.74) is 0. The number of amidine groups is 1. The molecule has 0 aromatic rings. The second kappa shape index (κ2) is 5.78. The number of hydroxylamine groups is 2. The fraction of sp³-hybridized carbons (Fsp3) is 0.700. The first-order valence-electron chi connectivity index (χ1n) is 5.01. The Morgan fingerprint density at radius 3 is 2.93 bits per heavy atom. The van der Waals surface area contributed by atoms with E-state index in [1.54, 1.807) is 5.06 Å². The Morgan fingerprint density at radius 2 is 2.36 bits per heavy atom. The predicted molar refractivity (Wildman–Crippen MR) is 56.0 cm³/mol. The quantitative estimate of drug-likeness (QED) is 0.608. The van der Waals surface area contributed by atoms with E-state index in [9.17, 15) is 0 Å². The fourth-order valence-corrected chi connectivity index (χ4v) is 1.37. The molecule has 14 heavy (non-hydrogen) atoms. The molecule has 0 fully saturated rings. The van der Waals surface area contributed by atoms with Crippen molar-refractivity contribution in [2.45, 2.75) is 26.5 Å². The Morgan fingerprint density at radius 1 is 1.57 bits per heavy atom. The molecule has 80 valence electrons. The molecular formula is C10H18N2O2. The van der Waals surface area contributed by atoms with Crippen LogP contribution in [0.4, 0.5) is 0 Å². The molecule has 0 bridgehead atoms. The molecule has 1 aliphatic heterocycles. The van der Waals surface area contributed by atoms with Gasteiger partial charge in [-0.05, 0) is 13.8 Å². The summed E-state index contributed by atoms with van der Waals surface area (Å²) in [6, 6.07) is 0. The van der Waals surface area contributed by atoms with Gasteiger partial charge in [0.1, 0.15) is 5.84 Å². The molecule has 0 N–H and O–H groups in total. The molecule has 0 aromatic heterocycles. The molecular weight excluding hydrogens is 180 g/mol. The fourth-order valence-electron chi connectivity index (χ4n) is 1.37. The third-order valence-electron chi connectivity index (χ3n) is 1.87. The maximum absolute atomic E-state index is 5.42. The van der Waals surface area contributed by atoms with E-state index in [2.05, 4.69) is 11.6 Å². The lowest BCUT2D eigenvalue weighted by Gasteiger charge is -2.18. The molecule has 1 heterocycles. The van der Waals surface area contributed by atoms with Crippen LogP contribution >= 0.6 is 0 Å². The van der Waals surface area contributed by atoms with E-state index in [0.29, 0.717) is 19.8 Å². The molecule has 1 rings (SSSR count). The van der Waals surface area contributed by atoms with Crippen LogP contribution in [-0.4, -0.2) is 36.9 Å². The molecule has 1 aliphatic rings. The third-order valence-corrected chi connectivity index (χ3v) is 1.87. The maximum atomic E-state index is 5.42. The minimum atomic E-state index is -0.0819. The van der Waals surface area contributed by atoms with E-state index >= 15 is 0 Å². The first kappa shape index (κ1) is 11.2. The first-order chi connectivity index (χ1) is 6.81. The average Bonchev–Trinajstić information content (AvgIpc) is 2.50. The Hall–Kier alpha value is -0.870. The van der Waals surface area contributed by atoms with Crippen LogP contribution in [0.3, 0.4) is 0 Å². The molecule has 1 unspecified atom stereocenters. The molecule has 0 saturated heterocycles. The van der Waals surface area contributed by atoms with Crippen LogP contribution in [0.15, 0.2) is 17.6 Å². The number of hydrogen-bond acceptors (Lipinski definition) is 4. The van der Waals surface area contributed by atoms with Crippen LogP contribution in [0.5, 0.6) is 0 Å². The minimum absolute atomic E-state index is 0.0819. The molecule has 0 spiro atoms. The van der Waals surface area contributed by atoms with Gasteiger partial charge in [-0.3, -0.25) is 4.84 Å². The highest BCUT2D eigenvalue weighted by Crippen LogP contribution is 2.13. The number of nitrogens with zero attached hydrogens (tertiary/aromatic N) is 2. The SMILES string of the molecule is C=CCC1=NC(OCC)CN1OCC. The van der Waals surface area contributed by atoms with Crippen LogP contribution in [0.2, 0.25) is 0 Å². The summed E-state index contributed by atoms with van der Waals surface area (Å²) in [6.45, 7) is 9.62. The summed E-state index contributed by atoms with van der Waals surface area (Å²) in [4.78, 5) is 9.81. The lowest BCUT2D eigenvalue weighted by molar-refractivity contribution is -0.105. The monoisotopic (exact) mass is 198 g/mol. The van der Waals surface area contributed by atoms with Crippen LogP contribution in [-0.2, 0) is 9.57 Å². The van der Waals surface area contributed by atoms with Crippen molar-refractivity contribution in [2.24, 2.45) is 4.99 Å². The van der Waals surface area contributed by atoms with Crippen LogP contribution < -0.4 is 0 Å². The van der Waals surface area contributed by atoms with Crippen molar-refractivity contribution in [1.82, 2.24) is 5.06 Å². The molecule has 1 atom stereocenters. The molecule has 0 saturated carbocycles. The van der Waals surface area contributed by atoms with Gasteiger partial charge in [-0.1, -0.05) is 6.08 Å². The Labute approximate surface area is 85.2 Å². The maximum Gasteiger partial charge on any atom is 0.170 e. The second-order valence-corrected chi connectivity index (χ2v) is 2.93. The van der Waals surface area contributed by atoms with Crippen molar-refractivity contribution in [3.63, 3.8) is 0 Å². The van der Waals surface area contributed by atoms with E-state index in [1.807, 2.05) is 19.9 Å². The van der Waals surface area contributed by atoms with Gasteiger partial charge in [-0.25, -0.2) is 10.1 Å². The summed E-state index contributed by atoms with van der Waals surface area (Å²) in [6.07, 6.45) is 2.46. The van der Waals surface area contributed by atoms with Crippen molar-refractivity contribution in [3.05, 3.63) is 12.7 Å². The van der Waals surface area contributed by atoms with Crippen molar-refractivity contribution in [1.29, 1.82) is 0 Å². The van der Waals surface area contributed by atoms with E-state index in [1.165, 1.54) is 0 Å². The third kappa shape index (κ3) is 2.82. The van der Waals surface area contributed by atoms with Gasteiger partial charge in [0.15, 0.2) is 6.23 Å². The minimum Gasteiger partial charge on any atom is -0.355 e. The number of rotatable bonds is 6. The molecule has 4 heteroatoms. The molecule has 0 aliphatic carbocycles. The Bertz CT molecular complexity index is 216. The first-order valence-corrected chi connectivity index (χ1v) is 5.01. The highest BCUT2D eigenvalue weighted by Gasteiger charge is 2.24. The van der Waals surface area contributed by atoms with Gasteiger partial charge in [0.05, 0.1) is 13.2 Å². The van der Waals surface area contributed by atoms with Gasteiger partial charge in [0, 0.05) is 13.0 Å². The zero-order valence-electron chi connectivity index (χ0n) is 8.90. The molecule has 0 radical (unpaired) electrons. The topological polar surface area (TPSA) is 34.1 Å². The standard InChI is InChI=1S/C10H18N2O2/c1-4-7-9-11-10(13-5-2)8-12(9)14-6-3/h4,10H,1,5-8H2,2-3H3. The van der Waals surface area contributed by atoms with E-state index < -0.39 is 0 Å². The highest BCUT2D eigenvalue weighted by molar-refractivity contribution is 5.84. The summed E-state index contributed by atoms with van der Waals surface area (Å²) in [5.74, 6) is 0.903. The molecule has 0 aromatic carbocycles. The van der Waals surface area contributed by atoms with Gasteiger partial charge in [0.25, 0.3) is 0 Å². The normalized spacial score (nSPS) is 21.1. The van der Waals surface area contributed by atoms with Crippen LogP contribution in [0, 0.1) is 0 Å². The van der Waals surface area contributed by atoms with E-state index in [0.717, 1.165) is 12.3 Å². The average molecular weight is 198 g/mol. The van der Waals surface area contributed by atoms with Crippen molar-refractivity contribution < 1.29 is 9.57 Å². The van der Waals surface area contributed by atoms with Gasteiger partial charge < -0.3 is 4.74 Å². The lowest BCUT2D eigenvalue weighted by Crippen LogP contribution is -2.30. The number of aliphatic imine (C=N–C) groups is 1. The largest absolute Gasteiger partial charge is 0.355 e. The van der Waals surface area contributed by atoms with Crippen LogP contribution in [0.25, 0.3) is 0 Å². The lowest BCUT2D eigenvalue weighted by atomic mass is 10.4. The summed E-state index contributed by atoms with van der Waals surface area (Å²) in [7, 11) is 0. The Kier molecular flexibility index (Phi) is 4.62. The summed E-state index contributed by atoms with van der Waals surface area (Å²) < 4.78 is 5.41. The highest BCUT2D eigenvalue weighted by atomic mass is 16.7. The predicted octanol–water partition coefficient (Wildman–Crippen LogP) is 1.59. The van der Waals surface area contributed by atoms with Gasteiger partial charge >= 0.3 is 0 Å². The van der Waals surface area contributed by atoms with Crippen LogP contribution in [0.1, 0.15) is 20.3 Å². The second-order valence-electron chi connectivity index (χ2n) is 2.93. The van der Waals surface area contributed by atoms with E-state index in [-0.39, 0.29) is 6.23 Å². The van der Waals surface area contributed by atoms with Crippen molar-refractivity contribution in [3.8, 4) is 0 Å². The smallest absolute Gasteiger partial charge is 0.170 e. The zero-order chi connectivity index (χ0) is 10.4. The van der Waals surface area contributed by atoms with Gasteiger partial charge in [-0.15, -0.1) is 6.58 Å². The summed E-state index contributed by atoms with van der Waals surface area (Å²) >= 11 is 0. The molecule has 0 amide bonds.